The molecule has 3 nitrogen and oxygen atoms in total. The van der Waals surface area contributed by atoms with Crippen molar-refractivity contribution in [3.63, 3.8) is 0 Å². The van der Waals surface area contributed by atoms with Crippen molar-refractivity contribution < 1.29 is 8.39 Å². The van der Waals surface area contributed by atoms with Gasteiger partial charge in [0, 0.05) is 0 Å². The molecule has 2 atom stereocenters. The Morgan fingerprint density at radius 3 is 2.79 bits per heavy atom. The summed E-state index contributed by atoms with van der Waals surface area (Å²) >= 11 is -1.32. The molecule has 76 valence electrons. The highest BCUT2D eigenvalue weighted by Gasteiger charge is 2.29. The van der Waals surface area contributed by atoms with Crippen molar-refractivity contribution in [2.75, 3.05) is 10.9 Å². The lowest BCUT2D eigenvalue weighted by molar-refractivity contribution is 0.366. The normalized spacial score (nSPS) is 26.9. The van der Waals surface area contributed by atoms with E-state index in [0.29, 0.717) is 6.61 Å². The van der Waals surface area contributed by atoms with Crippen LogP contribution < -0.4 is 4.31 Å². The average molecular weight is 211 g/mol. The first-order valence-corrected chi connectivity index (χ1v) is 5.63. The van der Waals surface area contributed by atoms with Gasteiger partial charge in [-0.1, -0.05) is 18.2 Å². The van der Waals surface area contributed by atoms with E-state index in [-0.39, 0.29) is 6.04 Å². The molecule has 0 radical (unpaired) electrons. The molecule has 2 rings (SSSR count). The van der Waals surface area contributed by atoms with Crippen LogP contribution in [-0.2, 0) is 15.4 Å². The van der Waals surface area contributed by atoms with Gasteiger partial charge >= 0.3 is 0 Å². The standard InChI is InChI=1S/C10H13NO2S/c1-8-5-3-4-6-10(8)11-9(2)7-13-14(11)12/h3-6,9H,7H2,1-2H3/t9-,14?/m0/s1. The minimum atomic E-state index is -1.32. The summed E-state index contributed by atoms with van der Waals surface area (Å²) in [6.45, 7) is 4.55. The van der Waals surface area contributed by atoms with Gasteiger partial charge < -0.3 is 0 Å². The summed E-state index contributed by atoms with van der Waals surface area (Å²) in [4.78, 5) is 0. The van der Waals surface area contributed by atoms with E-state index in [1.165, 1.54) is 0 Å². The maximum Gasteiger partial charge on any atom is 0.264 e. The van der Waals surface area contributed by atoms with Crippen LogP contribution >= 0.6 is 0 Å². The zero-order chi connectivity index (χ0) is 10.1. The summed E-state index contributed by atoms with van der Waals surface area (Å²) in [7, 11) is 0. The molecular formula is C10H13NO2S. The maximum atomic E-state index is 11.6. The first-order chi connectivity index (χ1) is 6.70. The lowest BCUT2D eigenvalue weighted by Gasteiger charge is -2.20. The molecule has 1 unspecified atom stereocenters. The summed E-state index contributed by atoms with van der Waals surface area (Å²) < 4.78 is 18.5. The zero-order valence-corrected chi connectivity index (χ0v) is 9.08. The molecule has 0 bridgehead atoms. The monoisotopic (exact) mass is 211 g/mol. The van der Waals surface area contributed by atoms with Gasteiger partial charge in [0.2, 0.25) is 0 Å². The smallest absolute Gasteiger partial charge is 0.264 e. The van der Waals surface area contributed by atoms with Crippen LogP contribution in [0, 0.1) is 6.92 Å². The Morgan fingerprint density at radius 1 is 1.50 bits per heavy atom. The molecule has 1 aliphatic heterocycles. The highest BCUT2D eigenvalue weighted by atomic mass is 32.2. The average Bonchev–Trinajstić information content (AvgIpc) is 2.48. The number of aryl methyl sites for hydroxylation is 1. The predicted molar refractivity (Wildman–Crippen MR) is 57.2 cm³/mol. The summed E-state index contributed by atoms with van der Waals surface area (Å²) in [5.74, 6) is 0. The molecule has 1 saturated heterocycles. The number of benzene rings is 1. The molecular weight excluding hydrogens is 198 g/mol. The van der Waals surface area contributed by atoms with Crippen LogP contribution in [0.2, 0.25) is 0 Å². The Morgan fingerprint density at radius 2 is 2.21 bits per heavy atom. The first kappa shape index (κ1) is 9.68. The summed E-state index contributed by atoms with van der Waals surface area (Å²) in [5, 5.41) is 0. The largest absolute Gasteiger partial charge is 0.272 e. The van der Waals surface area contributed by atoms with Crippen molar-refractivity contribution in [2.45, 2.75) is 19.9 Å². The molecule has 1 aromatic rings. The van der Waals surface area contributed by atoms with Gasteiger partial charge in [0.1, 0.15) is 0 Å². The van der Waals surface area contributed by atoms with Gasteiger partial charge in [-0.2, -0.15) is 0 Å². The van der Waals surface area contributed by atoms with E-state index < -0.39 is 11.3 Å². The molecule has 0 aromatic heterocycles. The third kappa shape index (κ3) is 1.55. The second-order valence-corrected chi connectivity index (χ2v) is 4.53. The third-order valence-electron chi connectivity index (χ3n) is 2.32. The van der Waals surface area contributed by atoms with Crippen LogP contribution in [0.5, 0.6) is 0 Å². The number of para-hydroxylation sites is 1. The lowest BCUT2D eigenvalue weighted by atomic mass is 10.2. The Hall–Kier alpha value is -0.870. The second kappa shape index (κ2) is 3.71. The fourth-order valence-corrected chi connectivity index (χ4v) is 2.70. The first-order valence-electron chi connectivity index (χ1n) is 4.60. The predicted octanol–water partition coefficient (Wildman–Crippen LogP) is 1.80. The van der Waals surface area contributed by atoms with Crippen molar-refractivity contribution in [3.05, 3.63) is 29.8 Å². The maximum absolute atomic E-state index is 11.6. The fourth-order valence-electron chi connectivity index (χ4n) is 1.56. The van der Waals surface area contributed by atoms with Gasteiger partial charge in [0.25, 0.3) is 11.3 Å². The van der Waals surface area contributed by atoms with Crippen LogP contribution in [0.15, 0.2) is 24.3 Å². The Bertz CT molecular complexity index is 367. The van der Waals surface area contributed by atoms with Gasteiger partial charge in [0.05, 0.1) is 18.3 Å². The van der Waals surface area contributed by atoms with Crippen molar-refractivity contribution in [3.8, 4) is 0 Å². The minimum absolute atomic E-state index is 0.178. The molecule has 0 amide bonds. The van der Waals surface area contributed by atoms with Crippen LogP contribution in [0.25, 0.3) is 0 Å². The number of hydrogen-bond donors (Lipinski definition) is 0. The summed E-state index contributed by atoms with van der Waals surface area (Å²) in [5.41, 5.74) is 2.12. The fraction of sp³-hybridized carbons (Fsp3) is 0.400. The molecule has 1 heterocycles. The van der Waals surface area contributed by atoms with Gasteiger partial charge in [-0.05, 0) is 25.5 Å². The lowest BCUT2D eigenvalue weighted by Crippen LogP contribution is -2.28. The van der Waals surface area contributed by atoms with E-state index >= 15 is 0 Å². The van der Waals surface area contributed by atoms with E-state index in [1.807, 2.05) is 42.4 Å². The quantitative estimate of drug-likeness (QED) is 0.709. The molecule has 1 aromatic carbocycles. The van der Waals surface area contributed by atoms with Crippen molar-refractivity contribution >= 4 is 17.0 Å². The van der Waals surface area contributed by atoms with Crippen LogP contribution in [0.3, 0.4) is 0 Å². The molecule has 4 heteroatoms. The molecule has 14 heavy (non-hydrogen) atoms. The number of anilines is 1. The van der Waals surface area contributed by atoms with Gasteiger partial charge in [-0.3, -0.25) is 8.49 Å². The molecule has 1 aliphatic rings. The Kier molecular flexibility index (Phi) is 2.56. The number of nitrogens with zero attached hydrogens (tertiary/aromatic N) is 1. The second-order valence-electron chi connectivity index (χ2n) is 3.46. The molecule has 0 spiro atoms. The van der Waals surface area contributed by atoms with Crippen LogP contribution in [0.1, 0.15) is 12.5 Å². The summed E-state index contributed by atoms with van der Waals surface area (Å²) in [6, 6.07) is 8.08. The van der Waals surface area contributed by atoms with E-state index in [4.69, 9.17) is 4.18 Å². The van der Waals surface area contributed by atoms with E-state index in [1.54, 1.807) is 0 Å². The number of hydrogen-bond acceptors (Lipinski definition) is 2. The Labute approximate surface area is 86.5 Å². The van der Waals surface area contributed by atoms with Gasteiger partial charge in [-0.25, -0.2) is 4.21 Å². The van der Waals surface area contributed by atoms with E-state index in [0.717, 1.165) is 11.3 Å². The van der Waals surface area contributed by atoms with Crippen LogP contribution in [-0.4, -0.2) is 16.9 Å². The minimum Gasteiger partial charge on any atom is -0.272 e. The highest BCUT2D eigenvalue weighted by molar-refractivity contribution is 7.82. The molecule has 0 saturated carbocycles. The zero-order valence-electron chi connectivity index (χ0n) is 8.27. The Balaban J connectivity index is 2.39. The highest BCUT2D eigenvalue weighted by Crippen LogP contribution is 2.27. The van der Waals surface area contributed by atoms with Crippen molar-refractivity contribution in [1.29, 1.82) is 0 Å². The van der Waals surface area contributed by atoms with Gasteiger partial charge in [-0.15, -0.1) is 0 Å². The van der Waals surface area contributed by atoms with Gasteiger partial charge in [0.15, 0.2) is 0 Å². The number of rotatable bonds is 1. The van der Waals surface area contributed by atoms with Crippen molar-refractivity contribution in [2.24, 2.45) is 0 Å². The van der Waals surface area contributed by atoms with Crippen molar-refractivity contribution in [1.82, 2.24) is 0 Å². The molecule has 0 aliphatic carbocycles. The topological polar surface area (TPSA) is 29.5 Å². The van der Waals surface area contributed by atoms with E-state index in [2.05, 4.69) is 0 Å². The van der Waals surface area contributed by atoms with Crippen LogP contribution in [0.4, 0.5) is 5.69 Å². The molecule has 0 N–H and O–H groups in total. The van der Waals surface area contributed by atoms with E-state index in [9.17, 15) is 4.21 Å². The molecule has 1 fully saturated rings. The summed E-state index contributed by atoms with van der Waals surface area (Å²) in [6.07, 6.45) is 0. The third-order valence-corrected chi connectivity index (χ3v) is 3.54. The SMILES string of the molecule is Cc1ccccc1N1[C@@H](C)COS1=O.